The van der Waals surface area contributed by atoms with E-state index in [-0.39, 0.29) is 0 Å². The van der Waals surface area contributed by atoms with Crippen molar-refractivity contribution >= 4 is 22.3 Å². The maximum atomic E-state index is 9.03. The Morgan fingerprint density at radius 2 is 2.25 bits per heavy atom. The summed E-state index contributed by atoms with van der Waals surface area (Å²) in [5, 5.41) is 0.451. The molecule has 0 saturated heterocycles. The van der Waals surface area contributed by atoms with Crippen molar-refractivity contribution in [3.05, 3.63) is 0 Å². The zero-order valence-corrected chi connectivity index (χ0v) is 3.94. The summed E-state index contributed by atoms with van der Waals surface area (Å²) in [4.78, 5) is 9.03. The van der Waals surface area contributed by atoms with Gasteiger partial charge in [-0.2, -0.15) is 0 Å². The summed E-state index contributed by atoms with van der Waals surface area (Å²) in [6, 6.07) is 0. The van der Waals surface area contributed by atoms with Crippen LogP contribution in [0.3, 0.4) is 0 Å². The fraction of sp³-hybridized carbons (Fsp3) is 0.500. The molecule has 0 unspecified atom stereocenters. The van der Waals surface area contributed by atoms with Crippen molar-refractivity contribution in [2.45, 2.75) is 5.32 Å². The Morgan fingerprint density at radius 3 is 2.25 bits per heavy atom. The molecule has 0 aliphatic carbocycles. The Labute approximate surface area is 33.2 Å². The van der Waals surface area contributed by atoms with Crippen LogP contribution in [-0.4, -0.2) is 22.3 Å². The van der Waals surface area contributed by atoms with Crippen molar-refractivity contribution in [2.24, 2.45) is 0 Å². The van der Waals surface area contributed by atoms with Gasteiger partial charge in [0.05, 0.1) is 0 Å². The first kappa shape index (κ1) is 4.19. The van der Waals surface area contributed by atoms with Crippen LogP contribution in [0.5, 0.6) is 0 Å². The molecule has 2 heteroatoms. The predicted molar refractivity (Wildman–Crippen MR) is 17.6 cm³/mol. The molecule has 0 N–H and O–H groups in total. The van der Waals surface area contributed by atoms with Crippen LogP contribution in [0.2, 0.25) is 5.32 Å². The van der Waals surface area contributed by atoms with Gasteiger partial charge in [0.15, 0.2) is 0 Å². The van der Waals surface area contributed by atoms with Gasteiger partial charge in [-0.05, 0) is 0 Å². The SMILES string of the molecule is O=[C]C[SeH]. The monoisotopic (exact) mass is 123 g/mol. The topological polar surface area (TPSA) is 17.1 Å². The van der Waals surface area contributed by atoms with Crippen molar-refractivity contribution in [3.63, 3.8) is 0 Å². The van der Waals surface area contributed by atoms with Gasteiger partial charge in [-0.3, -0.25) is 0 Å². The Hall–Kier alpha value is 0.189. The first-order chi connectivity index (χ1) is 1.91. The minimum atomic E-state index is 0.451. The van der Waals surface area contributed by atoms with Gasteiger partial charge in [0.2, 0.25) is 0 Å². The van der Waals surface area contributed by atoms with Crippen LogP contribution in [0.1, 0.15) is 0 Å². The third-order valence-electron chi connectivity index (χ3n) is 0.0645. The number of hydrogen-bond acceptors (Lipinski definition) is 1. The van der Waals surface area contributed by atoms with Gasteiger partial charge < -0.3 is 0 Å². The summed E-state index contributed by atoms with van der Waals surface area (Å²) < 4.78 is 0. The van der Waals surface area contributed by atoms with Crippen molar-refractivity contribution in [2.75, 3.05) is 0 Å². The van der Waals surface area contributed by atoms with Crippen LogP contribution in [0.25, 0.3) is 0 Å². The predicted octanol–water partition coefficient (Wildman–Crippen LogP) is -0.585. The number of rotatable bonds is 1. The van der Waals surface area contributed by atoms with Gasteiger partial charge in [0, 0.05) is 0 Å². The van der Waals surface area contributed by atoms with Crippen molar-refractivity contribution in [3.8, 4) is 0 Å². The molecule has 0 spiro atoms. The second-order valence-electron chi connectivity index (χ2n) is 0.302. The van der Waals surface area contributed by atoms with E-state index in [0.717, 1.165) is 0 Å². The summed E-state index contributed by atoms with van der Waals surface area (Å²) in [5.74, 6) is 0. The molecule has 0 atom stereocenters. The second-order valence-corrected chi connectivity index (χ2v) is 0.966. The Balaban J connectivity index is 2.30. The van der Waals surface area contributed by atoms with Gasteiger partial charge in [0.25, 0.3) is 0 Å². The Bertz CT molecular complexity index is 20.0. The van der Waals surface area contributed by atoms with E-state index >= 15 is 0 Å². The molecule has 0 aromatic carbocycles. The molecule has 0 saturated carbocycles. The molecule has 0 aromatic heterocycles. The molecule has 0 rings (SSSR count). The zero-order valence-electron chi connectivity index (χ0n) is 2.06. The average Bonchev–Trinajstić information content (AvgIpc) is 1.37. The molecule has 1 radical (unpaired) electrons. The second kappa shape index (κ2) is 3.19. The molecule has 1 nitrogen and oxygen atoms in total. The van der Waals surface area contributed by atoms with E-state index in [1.807, 2.05) is 0 Å². The molecule has 0 aliphatic heterocycles. The molecule has 4 heavy (non-hydrogen) atoms. The molecule has 0 fully saturated rings. The number of hydrogen-bond donors (Lipinski definition) is 0. The molecule has 0 aromatic rings. The van der Waals surface area contributed by atoms with Crippen LogP contribution in [0.4, 0.5) is 0 Å². The van der Waals surface area contributed by atoms with Crippen molar-refractivity contribution in [1.82, 2.24) is 0 Å². The summed E-state index contributed by atoms with van der Waals surface area (Å²) in [7, 11) is 0. The Kier molecular flexibility index (Phi) is 3.34. The minimum absolute atomic E-state index is 0.451. The summed E-state index contributed by atoms with van der Waals surface area (Å²) in [5.41, 5.74) is 0. The summed E-state index contributed by atoms with van der Waals surface area (Å²) in [6.07, 6.45) is 1.65. The van der Waals surface area contributed by atoms with Gasteiger partial charge in [0.1, 0.15) is 0 Å². The zero-order chi connectivity index (χ0) is 3.41. The normalized spacial score (nSPS) is 6.25. The molecular formula is C2H3OSe. The van der Waals surface area contributed by atoms with Crippen molar-refractivity contribution < 1.29 is 4.79 Å². The van der Waals surface area contributed by atoms with Crippen LogP contribution in [-0.2, 0) is 4.79 Å². The van der Waals surface area contributed by atoms with Crippen LogP contribution >= 0.6 is 0 Å². The molecule has 23 valence electrons. The maximum absolute atomic E-state index is 9.03. The van der Waals surface area contributed by atoms with E-state index in [0.29, 0.717) is 5.32 Å². The average molecular weight is 122 g/mol. The first-order valence-electron chi connectivity index (χ1n) is 0.874. The van der Waals surface area contributed by atoms with Crippen LogP contribution < -0.4 is 0 Å². The van der Waals surface area contributed by atoms with Gasteiger partial charge in [-0.1, -0.05) is 0 Å². The molecule has 0 bridgehead atoms. The molecule has 0 heterocycles. The fourth-order valence-electron chi connectivity index (χ4n) is 0. The van der Waals surface area contributed by atoms with E-state index in [1.54, 1.807) is 6.29 Å². The quantitative estimate of drug-likeness (QED) is 0.425. The van der Waals surface area contributed by atoms with Crippen molar-refractivity contribution in [1.29, 1.82) is 0 Å². The van der Waals surface area contributed by atoms with Gasteiger partial charge >= 0.3 is 32.4 Å². The van der Waals surface area contributed by atoms with E-state index < -0.39 is 0 Å². The summed E-state index contributed by atoms with van der Waals surface area (Å²) >= 11 is 2.11. The molecule has 0 amide bonds. The van der Waals surface area contributed by atoms with Gasteiger partial charge in [-0.25, -0.2) is 0 Å². The molecule has 0 aliphatic rings. The van der Waals surface area contributed by atoms with Gasteiger partial charge in [-0.15, -0.1) is 0 Å². The number of carbonyl (C=O) groups excluding carboxylic acids is 1. The summed E-state index contributed by atoms with van der Waals surface area (Å²) in [6.45, 7) is 0. The van der Waals surface area contributed by atoms with E-state index in [9.17, 15) is 0 Å². The third-order valence-corrected chi connectivity index (χ3v) is 0.335. The van der Waals surface area contributed by atoms with Crippen LogP contribution in [0.15, 0.2) is 0 Å². The third kappa shape index (κ3) is 2.19. The van der Waals surface area contributed by atoms with E-state index in [2.05, 4.69) is 16.0 Å². The van der Waals surface area contributed by atoms with E-state index in [1.165, 1.54) is 0 Å². The molecular weight excluding hydrogens is 119 g/mol. The standard InChI is InChI=1S/C2H3OSe/c3-1-2-4/h4H,2H2. The van der Waals surface area contributed by atoms with E-state index in [4.69, 9.17) is 4.79 Å². The van der Waals surface area contributed by atoms with Crippen LogP contribution in [0, 0.1) is 0 Å². The first-order valence-corrected chi connectivity index (χ1v) is 2.20. The Morgan fingerprint density at radius 1 is 2.00 bits per heavy atom. The fourth-order valence-corrected chi connectivity index (χ4v) is 0.